The van der Waals surface area contributed by atoms with Crippen molar-refractivity contribution in [1.29, 1.82) is 0 Å². The second kappa shape index (κ2) is 43.7. The molecule has 45 heavy (non-hydrogen) atoms. The van der Waals surface area contributed by atoms with Gasteiger partial charge in [-0.15, -0.1) is 0 Å². The van der Waals surface area contributed by atoms with Gasteiger partial charge in [0.15, 0.2) is 0 Å². The number of carbonyl (C=O) groups is 2. The molecule has 0 saturated heterocycles. The third-order valence-electron chi connectivity index (χ3n) is 8.12. The van der Waals surface area contributed by atoms with Gasteiger partial charge in [0, 0.05) is 11.9 Å². The summed E-state index contributed by atoms with van der Waals surface area (Å²) in [6, 6.07) is 0. The summed E-state index contributed by atoms with van der Waals surface area (Å²) in [4.78, 5) is 25.0. The molecule has 0 aliphatic rings. The van der Waals surface area contributed by atoms with Crippen molar-refractivity contribution in [2.24, 2.45) is 0 Å². The van der Waals surface area contributed by atoms with Gasteiger partial charge in [0.2, 0.25) is 0 Å². The molecule has 0 aliphatic carbocycles. The van der Waals surface area contributed by atoms with E-state index in [9.17, 15) is 30.0 Å². The van der Waals surface area contributed by atoms with E-state index in [0.717, 1.165) is 77.0 Å². The van der Waals surface area contributed by atoms with E-state index < -0.39 is 11.9 Å². The molecule has 0 bridgehead atoms. The van der Waals surface area contributed by atoms with Crippen molar-refractivity contribution in [2.75, 3.05) is 0 Å². The molecule has 0 radical (unpaired) electrons. The van der Waals surface area contributed by atoms with Gasteiger partial charge in [-0.1, -0.05) is 155 Å². The standard InChI is InChI=1S/2C18H36O3.2CH3.Sn/c2*1-2-3-4-11-14-17(19)15-12-9-7-5-6-8-10-13-16-18(20)21;;;/h2*17,19H,2-16H2,1H3,(H,20,21);2*1H3;/q;;;;+2/p-2. The van der Waals surface area contributed by atoms with E-state index in [-0.39, 0.29) is 46.2 Å². The summed E-state index contributed by atoms with van der Waals surface area (Å²) in [6.07, 6.45) is 31.8. The Morgan fingerprint density at radius 2 is 0.644 bits per heavy atom. The van der Waals surface area contributed by atoms with Gasteiger partial charge in [0.1, 0.15) is 0 Å². The Morgan fingerprint density at radius 3 is 0.867 bits per heavy atom. The van der Waals surface area contributed by atoms with Gasteiger partial charge in [-0.3, -0.25) is 0 Å². The van der Waals surface area contributed by atoms with Crippen LogP contribution in [0.4, 0.5) is 0 Å². The molecule has 0 spiro atoms. The number of rotatable bonds is 32. The second-order valence-electron chi connectivity index (χ2n) is 13.0. The molecule has 268 valence electrons. The van der Waals surface area contributed by atoms with E-state index in [4.69, 9.17) is 0 Å². The molecule has 7 heteroatoms. The van der Waals surface area contributed by atoms with E-state index in [1.807, 2.05) is 0 Å². The molecule has 0 fully saturated rings. The Kier molecular flexibility index (Phi) is 47.6. The van der Waals surface area contributed by atoms with Crippen LogP contribution in [0, 0.1) is 0 Å². The van der Waals surface area contributed by atoms with Gasteiger partial charge in [0.05, 0.1) is 12.2 Å². The van der Waals surface area contributed by atoms with E-state index in [0.29, 0.717) is 0 Å². The van der Waals surface area contributed by atoms with Crippen LogP contribution in [0.5, 0.6) is 0 Å². The minimum absolute atomic E-state index is 0.0912. The van der Waals surface area contributed by atoms with Crippen LogP contribution in [-0.2, 0) is 9.59 Å². The number of unbranched alkanes of at least 4 members (excludes halogenated alkanes) is 20. The van der Waals surface area contributed by atoms with E-state index in [1.54, 1.807) is 0 Å². The predicted molar refractivity (Wildman–Crippen MR) is 189 cm³/mol. The summed E-state index contributed by atoms with van der Waals surface area (Å²) < 4.78 is 0. The molecule has 0 aromatic rings. The zero-order valence-corrected chi connectivity index (χ0v) is 33.2. The van der Waals surface area contributed by atoms with Gasteiger partial charge >= 0.3 is 31.0 Å². The molecule has 0 amide bonds. The topological polar surface area (TPSA) is 121 Å². The first kappa shape index (κ1) is 49.0. The maximum absolute atomic E-state index is 10.2. The number of hydrogen-bond acceptors (Lipinski definition) is 6. The maximum atomic E-state index is 10.2. The number of carboxylic acids is 2. The van der Waals surface area contributed by atoms with E-state index in [2.05, 4.69) is 23.7 Å². The molecule has 0 aliphatic heterocycles. The Labute approximate surface area is 290 Å². The van der Waals surface area contributed by atoms with Crippen molar-refractivity contribution in [3.63, 3.8) is 0 Å². The van der Waals surface area contributed by atoms with Crippen LogP contribution in [0.15, 0.2) is 0 Å². The summed E-state index contributed by atoms with van der Waals surface area (Å²) >= 11 is 0.230. The van der Waals surface area contributed by atoms with Crippen molar-refractivity contribution in [2.45, 2.75) is 229 Å². The summed E-state index contributed by atoms with van der Waals surface area (Å²) in [5, 5.41) is 40.1. The Bertz CT molecular complexity index is 526. The molecule has 2 N–H and O–H groups in total. The van der Waals surface area contributed by atoms with Gasteiger partial charge in [-0.25, -0.2) is 0 Å². The minimum atomic E-state index is -0.928. The molecule has 2 unspecified atom stereocenters. The average Bonchev–Trinajstić information content (AvgIpc) is 3.00. The van der Waals surface area contributed by atoms with Crippen LogP contribution < -0.4 is 10.2 Å². The third kappa shape index (κ3) is 53.4. The second-order valence-corrected chi connectivity index (χ2v) is 15.8. The summed E-state index contributed by atoms with van der Waals surface area (Å²) in [5.41, 5.74) is 0. The Hall–Kier alpha value is -0.341. The first-order valence-electron chi connectivity index (χ1n) is 19.1. The molecule has 0 saturated carbocycles. The molecule has 2 atom stereocenters. The van der Waals surface area contributed by atoms with Crippen molar-refractivity contribution in [3.05, 3.63) is 0 Å². The van der Waals surface area contributed by atoms with Crippen molar-refractivity contribution >= 4 is 33.1 Å². The van der Waals surface area contributed by atoms with Gasteiger partial charge < -0.3 is 30.0 Å². The molecule has 6 nitrogen and oxygen atoms in total. The summed E-state index contributed by atoms with van der Waals surface area (Å²) in [5.74, 6) is -1.86. The van der Waals surface area contributed by atoms with Gasteiger partial charge in [0.25, 0.3) is 0 Å². The van der Waals surface area contributed by atoms with Crippen LogP contribution in [0.3, 0.4) is 0 Å². The SMILES string of the molecule is CCCCCCC(O)CCCCCCCCCCC(=O)[O-].CCCCCCC(O)CCCCCCCCCCC(=O)[O-].[CH3][Sn+2][CH3]. The predicted octanol–water partition coefficient (Wildman–Crippen LogP) is 8.72. The third-order valence-corrected chi connectivity index (χ3v) is 8.12. The molecule has 0 aromatic carbocycles. The first-order chi connectivity index (χ1) is 21.7. The quantitative estimate of drug-likeness (QED) is 0.0525. The monoisotopic (exact) mass is 748 g/mol. The van der Waals surface area contributed by atoms with Gasteiger partial charge in [-0.05, 0) is 51.4 Å². The number of aliphatic hydroxyl groups excluding tert-OH is 2. The van der Waals surface area contributed by atoms with Crippen LogP contribution >= 0.6 is 0 Å². The number of aliphatic carboxylic acids is 2. The van der Waals surface area contributed by atoms with Crippen molar-refractivity contribution in [1.82, 2.24) is 0 Å². The number of hydrogen-bond donors (Lipinski definition) is 2. The van der Waals surface area contributed by atoms with Crippen LogP contribution in [0.1, 0.15) is 206 Å². The zero-order valence-electron chi connectivity index (χ0n) is 30.4. The number of aliphatic hydroxyl groups is 2. The summed E-state index contributed by atoms with van der Waals surface area (Å²) in [6.45, 7) is 4.42. The molecular formula is C38H76O6Sn. The normalized spacial score (nSPS) is 11.9. The molecular weight excluding hydrogens is 671 g/mol. The first-order valence-corrected chi connectivity index (χ1v) is 24.8. The van der Waals surface area contributed by atoms with Crippen molar-refractivity contribution in [3.8, 4) is 0 Å². The average molecular weight is 748 g/mol. The van der Waals surface area contributed by atoms with E-state index in [1.165, 1.54) is 103 Å². The van der Waals surface area contributed by atoms with Crippen LogP contribution in [-0.4, -0.2) is 55.5 Å². The van der Waals surface area contributed by atoms with Gasteiger partial charge in [-0.2, -0.15) is 0 Å². The number of carboxylic acid groups (broad SMARTS) is 2. The fourth-order valence-electron chi connectivity index (χ4n) is 5.32. The van der Waals surface area contributed by atoms with Crippen LogP contribution in [0.2, 0.25) is 9.88 Å². The molecule has 0 heterocycles. The molecule has 0 aromatic heterocycles. The zero-order chi connectivity index (χ0) is 34.2. The van der Waals surface area contributed by atoms with Crippen molar-refractivity contribution < 1.29 is 30.0 Å². The Balaban J connectivity index is -0.000000720. The van der Waals surface area contributed by atoms with Crippen LogP contribution in [0.25, 0.3) is 0 Å². The molecule has 0 rings (SSSR count). The number of carbonyl (C=O) groups excluding carboxylic acids is 2. The Morgan fingerprint density at radius 1 is 0.444 bits per heavy atom. The fourth-order valence-corrected chi connectivity index (χ4v) is 5.32. The summed E-state index contributed by atoms with van der Waals surface area (Å²) in [7, 11) is 0. The van der Waals surface area contributed by atoms with E-state index >= 15 is 0 Å². The fraction of sp³-hybridized carbons (Fsp3) is 0.947.